The maximum Gasteiger partial charge on any atom is 0.306 e. The van der Waals surface area contributed by atoms with Crippen molar-refractivity contribution < 1.29 is 24.5 Å². The number of esters is 1. The predicted molar refractivity (Wildman–Crippen MR) is 287 cm³/mol. The van der Waals surface area contributed by atoms with Crippen LogP contribution in [0.5, 0.6) is 0 Å². The number of unbranched alkanes of at least 4 members (excludes halogenated alkanes) is 20. The molecule has 1 amide bonds. The van der Waals surface area contributed by atoms with Crippen LogP contribution in [-0.2, 0) is 14.3 Å². The second kappa shape index (κ2) is 52.5. The average molecular weight is 916 g/mol. The first-order valence-electron chi connectivity index (χ1n) is 27.2. The summed E-state index contributed by atoms with van der Waals surface area (Å²) in [4.78, 5) is 26.2. The lowest BCUT2D eigenvalue weighted by atomic mass is 10.0. The van der Waals surface area contributed by atoms with Crippen molar-refractivity contribution in [3.8, 4) is 0 Å². The van der Waals surface area contributed by atoms with E-state index >= 15 is 0 Å². The molecule has 0 saturated carbocycles. The van der Waals surface area contributed by atoms with E-state index in [0.717, 1.165) is 109 Å². The van der Waals surface area contributed by atoms with Gasteiger partial charge in [-0.2, -0.15) is 0 Å². The summed E-state index contributed by atoms with van der Waals surface area (Å²) in [5.74, 6) is -0.558. The topological polar surface area (TPSA) is 95.9 Å². The Kier molecular flexibility index (Phi) is 49.7. The summed E-state index contributed by atoms with van der Waals surface area (Å²) < 4.78 is 5.92. The molecule has 3 atom stereocenters. The Balaban J connectivity index is 4.75. The third kappa shape index (κ3) is 47.0. The van der Waals surface area contributed by atoms with Gasteiger partial charge in [-0.05, 0) is 96.3 Å². The molecule has 0 heterocycles. The normalized spacial score (nSPS) is 14.1. The Morgan fingerprint density at radius 2 is 0.879 bits per heavy atom. The van der Waals surface area contributed by atoms with Crippen LogP contribution in [0.25, 0.3) is 0 Å². The van der Waals surface area contributed by atoms with Crippen molar-refractivity contribution in [2.75, 3.05) is 6.61 Å². The van der Waals surface area contributed by atoms with Gasteiger partial charge in [-0.1, -0.05) is 233 Å². The molecule has 3 unspecified atom stereocenters. The molecule has 0 aliphatic carbocycles. The van der Waals surface area contributed by atoms with Crippen molar-refractivity contribution in [1.29, 1.82) is 0 Å². The SMILES string of the molecule is CC/C=C\C/C=C\C/C=C\C/C=C\C/C=C\CCCCCC(=O)OC(CCCCC/C=C/C=C/C=C/C=C/CCCCC)CC(=O)NC(CO)C(O)CCCCCCCCCCCCCC. The van der Waals surface area contributed by atoms with Gasteiger partial charge in [-0.15, -0.1) is 0 Å². The van der Waals surface area contributed by atoms with Gasteiger partial charge in [-0.25, -0.2) is 0 Å². The Labute approximate surface area is 407 Å². The minimum Gasteiger partial charge on any atom is -0.462 e. The highest BCUT2D eigenvalue weighted by Crippen LogP contribution is 2.17. The van der Waals surface area contributed by atoms with Crippen LogP contribution in [-0.4, -0.2) is 46.9 Å². The Hall–Kier alpha value is -3.48. The van der Waals surface area contributed by atoms with Crippen molar-refractivity contribution in [2.45, 2.75) is 251 Å². The monoisotopic (exact) mass is 916 g/mol. The van der Waals surface area contributed by atoms with E-state index in [9.17, 15) is 19.8 Å². The van der Waals surface area contributed by atoms with Crippen LogP contribution in [0.3, 0.4) is 0 Å². The summed E-state index contributed by atoms with van der Waals surface area (Å²) in [6.07, 6.45) is 71.4. The van der Waals surface area contributed by atoms with Crippen LogP contribution in [0.4, 0.5) is 0 Å². The molecule has 0 aromatic heterocycles. The second-order valence-electron chi connectivity index (χ2n) is 18.0. The van der Waals surface area contributed by atoms with Crippen LogP contribution >= 0.6 is 0 Å². The predicted octanol–water partition coefficient (Wildman–Crippen LogP) is 16.7. The number of rotatable bonds is 47. The lowest BCUT2D eigenvalue weighted by Gasteiger charge is -2.24. The van der Waals surface area contributed by atoms with E-state index in [1.165, 1.54) is 77.0 Å². The zero-order chi connectivity index (χ0) is 48.1. The number of ether oxygens (including phenoxy) is 1. The number of hydrogen-bond acceptors (Lipinski definition) is 5. The molecule has 0 rings (SSSR count). The molecule has 0 spiro atoms. The largest absolute Gasteiger partial charge is 0.462 e. The van der Waals surface area contributed by atoms with Gasteiger partial charge in [0.05, 0.1) is 25.2 Å². The summed E-state index contributed by atoms with van der Waals surface area (Å²) in [6, 6.07) is -0.729. The molecule has 0 radical (unpaired) electrons. The fraction of sp³-hybridized carbons (Fsp3) is 0.667. The molecular weight excluding hydrogens is 815 g/mol. The number of nitrogens with one attached hydrogen (secondary N) is 1. The highest BCUT2D eigenvalue weighted by atomic mass is 16.5. The van der Waals surface area contributed by atoms with Gasteiger partial charge in [0.15, 0.2) is 0 Å². The fourth-order valence-electron chi connectivity index (χ4n) is 7.59. The zero-order valence-electron chi connectivity index (χ0n) is 42.8. The lowest BCUT2D eigenvalue weighted by molar-refractivity contribution is -0.151. The Morgan fingerprint density at radius 3 is 1.41 bits per heavy atom. The molecule has 0 aliphatic rings. The van der Waals surface area contributed by atoms with Crippen molar-refractivity contribution >= 4 is 11.9 Å². The minimum atomic E-state index is -0.811. The summed E-state index contributed by atoms with van der Waals surface area (Å²) in [6.45, 7) is 6.31. The van der Waals surface area contributed by atoms with E-state index in [1.807, 2.05) is 6.08 Å². The first-order valence-corrected chi connectivity index (χ1v) is 27.2. The van der Waals surface area contributed by atoms with Crippen molar-refractivity contribution in [2.24, 2.45) is 0 Å². The van der Waals surface area contributed by atoms with Gasteiger partial charge in [0.2, 0.25) is 5.91 Å². The average Bonchev–Trinajstić information content (AvgIpc) is 3.31. The summed E-state index contributed by atoms with van der Waals surface area (Å²) in [5, 5.41) is 23.8. The van der Waals surface area contributed by atoms with E-state index < -0.39 is 18.2 Å². The molecule has 0 aliphatic heterocycles. The van der Waals surface area contributed by atoms with Gasteiger partial charge in [-0.3, -0.25) is 9.59 Å². The molecule has 0 bridgehead atoms. The van der Waals surface area contributed by atoms with Crippen molar-refractivity contribution in [3.05, 3.63) is 109 Å². The molecule has 0 aromatic rings. The molecule has 3 N–H and O–H groups in total. The highest BCUT2D eigenvalue weighted by Gasteiger charge is 2.24. The molecule has 6 nitrogen and oxygen atoms in total. The number of allylic oxidation sites excluding steroid dienone is 18. The summed E-state index contributed by atoms with van der Waals surface area (Å²) in [5.41, 5.74) is 0. The van der Waals surface area contributed by atoms with Crippen molar-refractivity contribution in [3.63, 3.8) is 0 Å². The maximum atomic E-state index is 13.2. The van der Waals surface area contributed by atoms with Crippen molar-refractivity contribution in [1.82, 2.24) is 5.32 Å². The molecule has 0 fully saturated rings. The van der Waals surface area contributed by atoms with Crippen LogP contribution < -0.4 is 5.32 Å². The third-order valence-electron chi connectivity index (χ3n) is 11.7. The fourth-order valence-corrected chi connectivity index (χ4v) is 7.59. The van der Waals surface area contributed by atoms with Gasteiger partial charge in [0.1, 0.15) is 6.10 Å². The van der Waals surface area contributed by atoms with E-state index in [-0.39, 0.29) is 24.9 Å². The quantitative estimate of drug-likeness (QED) is 0.0245. The summed E-state index contributed by atoms with van der Waals surface area (Å²) >= 11 is 0. The van der Waals surface area contributed by atoms with E-state index in [2.05, 4.69) is 129 Å². The molecule has 376 valence electrons. The third-order valence-corrected chi connectivity index (χ3v) is 11.7. The van der Waals surface area contributed by atoms with E-state index in [0.29, 0.717) is 19.3 Å². The first-order chi connectivity index (χ1) is 32.5. The smallest absolute Gasteiger partial charge is 0.306 e. The Bertz CT molecular complexity index is 1350. The minimum absolute atomic E-state index is 0.0315. The van der Waals surface area contributed by atoms with E-state index in [1.54, 1.807) is 0 Å². The second-order valence-corrected chi connectivity index (χ2v) is 18.0. The highest BCUT2D eigenvalue weighted by molar-refractivity contribution is 5.77. The number of carbonyl (C=O) groups excluding carboxylic acids is 2. The number of carbonyl (C=O) groups is 2. The molecule has 0 saturated heterocycles. The van der Waals surface area contributed by atoms with Crippen LogP contribution in [0.15, 0.2) is 109 Å². The van der Waals surface area contributed by atoms with Gasteiger partial charge in [0.25, 0.3) is 0 Å². The number of amides is 1. The Morgan fingerprint density at radius 1 is 0.470 bits per heavy atom. The van der Waals surface area contributed by atoms with Crippen LogP contribution in [0.1, 0.15) is 233 Å². The molecule has 6 heteroatoms. The standard InChI is InChI=1S/C60H101NO5/c1-4-7-10-13-16-19-22-25-27-29-30-31-33-35-38-41-44-47-50-53-60(65)66-56(51-48-45-42-39-36-34-32-28-26-23-20-17-14-11-8-5-2)54-59(64)61-57(55-62)58(63)52-49-46-43-40-37-24-21-18-15-12-9-6-3/h7,10,16-17,19-20,23,25-28,30-32,34-36,38,56-58,62-63H,4-6,8-9,11-15,18,21-22,24,29,33,37,39-55H2,1-3H3,(H,61,64)/b10-7-,19-16-,20-17+,26-23+,27-25-,31-30-,32-28+,36-34+,38-35-. The molecule has 0 aromatic carbocycles. The number of aliphatic hydroxyl groups is 2. The van der Waals surface area contributed by atoms with Crippen LogP contribution in [0.2, 0.25) is 0 Å². The number of aliphatic hydroxyl groups excluding tert-OH is 2. The van der Waals surface area contributed by atoms with Crippen LogP contribution in [0, 0.1) is 0 Å². The van der Waals surface area contributed by atoms with Gasteiger partial charge < -0.3 is 20.3 Å². The van der Waals surface area contributed by atoms with Gasteiger partial charge in [0, 0.05) is 6.42 Å². The maximum absolute atomic E-state index is 13.2. The molecule has 66 heavy (non-hydrogen) atoms. The zero-order valence-corrected chi connectivity index (χ0v) is 42.8. The molecular formula is C60H101NO5. The van der Waals surface area contributed by atoms with E-state index in [4.69, 9.17) is 4.74 Å². The number of hydrogen-bond donors (Lipinski definition) is 3. The van der Waals surface area contributed by atoms with Gasteiger partial charge >= 0.3 is 5.97 Å². The lowest BCUT2D eigenvalue weighted by Crippen LogP contribution is -2.46. The first kappa shape index (κ1) is 62.5. The summed E-state index contributed by atoms with van der Waals surface area (Å²) in [7, 11) is 0.